The molecule has 0 bridgehead atoms. The fraction of sp³-hybridized carbons (Fsp3) is 0.227. The number of imide groups is 1. The van der Waals surface area contributed by atoms with Crippen LogP contribution in [0.2, 0.25) is 0 Å². The van der Waals surface area contributed by atoms with Crippen molar-refractivity contribution < 1.29 is 38.6 Å². The van der Waals surface area contributed by atoms with E-state index in [0.29, 0.717) is 4.90 Å². The number of hydrogen-bond donors (Lipinski definition) is 2. The van der Waals surface area contributed by atoms with Crippen molar-refractivity contribution in [2.24, 2.45) is 0 Å². The SMILES string of the molecule is O=C(OC1C(=O)N(C2C(=O)NC2CO)C(=O)C1OC(=O)c1ccccc1)c1ccccc1. The molecule has 4 unspecified atom stereocenters. The van der Waals surface area contributed by atoms with Crippen LogP contribution in [0, 0.1) is 0 Å². The van der Waals surface area contributed by atoms with Crippen molar-refractivity contribution in [1.29, 1.82) is 0 Å². The van der Waals surface area contributed by atoms with Gasteiger partial charge in [-0.3, -0.25) is 19.3 Å². The molecule has 4 rings (SSSR count). The molecule has 2 heterocycles. The molecule has 10 heteroatoms. The number of likely N-dealkylation sites (tertiary alicyclic amines) is 1. The van der Waals surface area contributed by atoms with E-state index >= 15 is 0 Å². The van der Waals surface area contributed by atoms with E-state index in [1.807, 2.05) is 0 Å². The molecule has 0 spiro atoms. The number of ether oxygens (including phenoxy) is 2. The van der Waals surface area contributed by atoms with Crippen LogP contribution in [-0.2, 0) is 23.9 Å². The molecule has 3 amide bonds. The van der Waals surface area contributed by atoms with E-state index < -0.39 is 60.6 Å². The lowest BCUT2D eigenvalue weighted by atomic mass is 9.98. The quantitative estimate of drug-likeness (QED) is 0.355. The van der Waals surface area contributed by atoms with Crippen molar-refractivity contribution in [3.05, 3.63) is 71.8 Å². The third kappa shape index (κ3) is 3.71. The highest BCUT2D eigenvalue weighted by molar-refractivity contribution is 6.13. The minimum Gasteiger partial charge on any atom is -0.444 e. The van der Waals surface area contributed by atoms with Gasteiger partial charge in [-0.05, 0) is 24.3 Å². The summed E-state index contributed by atoms with van der Waals surface area (Å²) in [4.78, 5) is 63.7. The highest BCUT2D eigenvalue weighted by Gasteiger charge is 2.60. The predicted octanol–water partition coefficient (Wildman–Crippen LogP) is -0.334. The van der Waals surface area contributed by atoms with Crippen LogP contribution in [0.5, 0.6) is 0 Å². The standard InChI is InChI=1S/C22H18N2O8/c25-11-14-15(18(26)23-14)24-19(27)16(31-21(29)12-7-3-1-4-8-12)17(20(24)28)32-22(30)13-9-5-2-6-10-13/h1-10,14-17,25H,11H2,(H,23,26). The lowest BCUT2D eigenvalue weighted by Crippen LogP contribution is -2.71. The Hall–Kier alpha value is -4.05. The molecule has 0 saturated carbocycles. The number of aliphatic hydroxyl groups is 1. The number of carbonyl (C=O) groups excluding carboxylic acids is 5. The van der Waals surface area contributed by atoms with E-state index in [2.05, 4.69) is 5.32 Å². The van der Waals surface area contributed by atoms with Gasteiger partial charge in [0.1, 0.15) is 6.04 Å². The molecule has 2 aromatic carbocycles. The first-order valence-corrected chi connectivity index (χ1v) is 9.72. The summed E-state index contributed by atoms with van der Waals surface area (Å²) < 4.78 is 10.5. The van der Waals surface area contributed by atoms with Gasteiger partial charge in [-0.25, -0.2) is 9.59 Å². The summed E-state index contributed by atoms with van der Waals surface area (Å²) in [6, 6.07) is 13.3. The topological polar surface area (TPSA) is 139 Å². The number of β-lactam (4-membered cyclic amide) rings is 1. The number of aliphatic hydroxyl groups excluding tert-OH is 1. The van der Waals surface area contributed by atoms with Gasteiger partial charge in [0.2, 0.25) is 18.1 Å². The van der Waals surface area contributed by atoms with Crippen molar-refractivity contribution in [2.75, 3.05) is 6.61 Å². The molecule has 0 aliphatic carbocycles. The summed E-state index contributed by atoms with van der Waals surface area (Å²) in [6.45, 7) is -0.517. The zero-order valence-electron chi connectivity index (χ0n) is 16.5. The Bertz CT molecular complexity index is 1000. The average molecular weight is 438 g/mol. The van der Waals surface area contributed by atoms with Crippen molar-refractivity contribution in [2.45, 2.75) is 24.3 Å². The highest BCUT2D eigenvalue weighted by atomic mass is 16.6. The second-order valence-electron chi connectivity index (χ2n) is 7.17. The van der Waals surface area contributed by atoms with Gasteiger partial charge < -0.3 is 19.9 Å². The van der Waals surface area contributed by atoms with Gasteiger partial charge in [0.15, 0.2) is 0 Å². The molecule has 10 nitrogen and oxygen atoms in total. The van der Waals surface area contributed by atoms with E-state index in [1.54, 1.807) is 36.4 Å². The Morgan fingerprint density at radius 2 is 1.25 bits per heavy atom. The van der Waals surface area contributed by atoms with E-state index in [1.165, 1.54) is 24.3 Å². The molecular weight excluding hydrogens is 420 g/mol. The first-order valence-electron chi connectivity index (χ1n) is 9.72. The fourth-order valence-electron chi connectivity index (χ4n) is 3.53. The van der Waals surface area contributed by atoms with Crippen LogP contribution in [0.1, 0.15) is 20.7 Å². The molecule has 4 atom stereocenters. The molecule has 2 saturated heterocycles. The third-order valence-corrected chi connectivity index (χ3v) is 5.18. The Morgan fingerprint density at radius 1 is 0.812 bits per heavy atom. The maximum Gasteiger partial charge on any atom is 0.339 e. The minimum absolute atomic E-state index is 0.119. The van der Waals surface area contributed by atoms with E-state index in [0.717, 1.165) is 0 Å². The summed E-state index contributed by atoms with van der Waals surface area (Å²) in [5.41, 5.74) is 0.239. The summed E-state index contributed by atoms with van der Waals surface area (Å²) in [7, 11) is 0. The Labute approximate surface area is 181 Å². The van der Waals surface area contributed by atoms with E-state index in [9.17, 15) is 29.1 Å². The van der Waals surface area contributed by atoms with Crippen LogP contribution < -0.4 is 5.32 Å². The second-order valence-corrected chi connectivity index (χ2v) is 7.17. The molecule has 2 aliphatic heterocycles. The summed E-state index contributed by atoms with van der Waals surface area (Å²) in [5, 5.41) is 11.8. The average Bonchev–Trinajstić information content (AvgIpc) is 3.02. The van der Waals surface area contributed by atoms with Crippen LogP contribution in [0.15, 0.2) is 60.7 Å². The van der Waals surface area contributed by atoms with Crippen LogP contribution in [0.3, 0.4) is 0 Å². The number of carbonyl (C=O) groups is 5. The summed E-state index contributed by atoms with van der Waals surface area (Å²) in [6.07, 6.45) is -3.56. The molecule has 0 radical (unpaired) electrons. The lowest BCUT2D eigenvalue weighted by Gasteiger charge is -2.39. The largest absolute Gasteiger partial charge is 0.444 e. The maximum absolute atomic E-state index is 13.0. The predicted molar refractivity (Wildman–Crippen MR) is 106 cm³/mol. The van der Waals surface area contributed by atoms with Gasteiger partial charge in [0, 0.05) is 0 Å². The first-order chi connectivity index (χ1) is 15.4. The zero-order valence-corrected chi connectivity index (χ0v) is 16.5. The Morgan fingerprint density at radius 3 is 1.62 bits per heavy atom. The fourth-order valence-corrected chi connectivity index (χ4v) is 3.53. The first kappa shape index (κ1) is 21.2. The molecule has 164 valence electrons. The molecule has 2 fully saturated rings. The van der Waals surface area contributed by atoms with Crippen molar-refractivity contribution >= 4 is 29.7 Å². The highest BCUT2D eigenvalue weighted by Crippen LogP contribution is 2.28. The Kier molecular flexibility index (Phi) is 5.69. The number of amides is 3. The molecule has 2 aromatic rings. The number of benzene rings is 2. The van der Waals surface area contributed by atoms with Gasteiger partial charge in [0.25, 0.3) is 11.8 Å². The van der Waals surface area contributed by atoms with E-state index in [4.69, 9.17) is 9.47 Å². The van der Waals surface area contributed by atoms with Crippen molar-refractivity contribution in [1.82, 2.24) is 10.2 Å². The monoisotopic (exact) mass is 438 g/mol. The Balaban J connectivity index is 1.62. The van der Waals surface area contributed by atoms with Gasteiger partial charge >= 0.3 is 11.9 Å². The van der Waals surface area contributed by atoms with E-state index in [-0.39, 0.29) is 11.1 Å². The van der Waals surface area contributed by atoms with Crippen LogP contribution in [-0.4, -0.2) is 70.6 Å². The number of rotatable bonds is 6. The molecule has 2 N–H and O–H groups in total. The lowest BCUT2D eigenvalue weighted by molar-refractivity contribution is -0.156. The summed E-state index contributed by atoms with van der Waals surface area (Å²) in [5.74, 6) is -4.49. The van der Waals surface area contributed by atoms with Gasteiger partial charge in [-0.15, -0.1) is 0 Å². The zero-order chi connectivity index (χ0) is 22.8. The second kappa shape index (κ2) is 8.60. The van der Waals surface area contributed by atoms with Gasteiger partial charge in [-0.2, -0.15) is 0 Å². The number of esters is 2. The maximum atomic E-state index is 13.0. The van der Waals surface area contributed by atoms with Crippen LogP contribution in [0.4, 0.5) is 0 Å². The third-order valence-electron chi connectivity index (χ3n) is 5.18. The molecule has 32 heavy (non-hydrogen) atoms. The minimum atomic E-state index is -1.78. The van der Waals surface area contributed by atoms with Crippen LogP contribution >= 0.6 is 0 Å². The molecular formula is C22H18N2O8. The molecule has 2 aliphatic rings. The van der Waals surface area contributed by atoms with Gasteiger partial charge in [-0.1, -0.05) is 36.4 Å². The smallest absolute Gasteiger partial charge is 0.339 e. The number of hydrogen-bond acceptors (Lipinski definition) is 8. The van der Waals surface area contributed by atoms with Gasteiger partial charge in [0.05, 0.1) is 23.8 Å². The van der Waals surface area contributed by atoms with Crippen molar-refractivity contribution in [3.63, 3.8) is 0 Å². The number of nitrogens with zero attached hydrogens (tertiary/aromatic N) is 1. The normalized spacial score (nSPS) is 24.5. The number of nitrogens with one attached hydrogen (secondary N) is 1. The van der Waals surface area contributed by atoms with Crippen LogP contribution in [0.25, 0.3) is 0 Å². The molecule has 0 aromatic heterocycles. The van der Waals surface area contributed by atoms with Crippen molar-refractivity contribution in [3.8, 4) is 0 Å². The summed E-state index contributed by atoms with van der Waals surface area (Å²) >= 11 is 0.